The number of aryl methyl sites for hydroxylation is 1. The molecule has 0 bridgehead atoms. The van der Waals surface area contributed by atoms with Crippen LogP contribution in [0, 0.1) is 5.92 Å². The molecule has 4 heteroatoms. The van der Waals surface area contributed by atoms with Crippen LogP contribution in [-0.2, 0) is 16.5 Å². The maximum absolute atomic E-state index is 11.5. The fraction of sp³-hybridized carbons (Fsp3) is 0.375. The van der Waals surface area contributed by atoms with Crippen molar-refractivity contribution in [3.05, 3.63) is 42.0 Å². The summed E-state index contributed by atoms with van der Waals surface area (Å²) in [6.45, 7) is 4.29. The van der Waals surface area contributed by atoms with Gasteiger partial charge in [-0.05, 0) is 41.2 Å². The van der Waals surface area contributed by atoms with Gasteiger partial charge in [0.05, 0.1) is 4.90 Å². The molecule has 0 atom stereocenters. The number of rotatable bonds is 5. The second-order valence-electron chi connectivity index (χ2n) is 5.52. The Morgan fingerprint density at radius 3 is 2.45 bits per heavy atom. The van der Waals surface area contributed by atoms with Crippen LogP contribution in [0.3, 0.4) is 0 Å². The van der Waals surface area contributed by atoms with Crippen molar-refractivity contribution >= 4 is 20.9 Å². The van der Waals surface area contributed by atoms with Crippen LogP contribution >= 0.6 is 0 Å². The second kappa shape index (κ2) is 5.94. The fourth-order valence-electron chi connectivity index (χ4n) is 2.50. The molecule has 108 valence electrons. The summed E-state index contributed by atoms with van der Waals surface area (Å²) in [5.41, 5.74) is 0.728. The van der Waals surface area contributed by atoms with Crippen molar-refractivity contribution < 1.29 is 13.0 Å². The van der Waals surface area contributed by atoms with Gasteiger partial charge in [-0.2, -0.15) is 8.42 Å². The first-order chi connectivity index (χ1) is 9.39. The van der Waals surface area contributed by atoms with E-state index in [0.717, 1.165) is 29.2 Å². The zero-order valence-electron chi connectivity index (χ0n) is 11.8. The van der Waals surface area contributed by atoms with Gasteiger partial charge in [0.2, 0.25) is 0 Å². The Morgan fingerprint density at radius 1 is 1.10 bits per heavy atom. The molecule has 0 amide bonds. The number of hydrogen-bond donors (Lipinski definition) is 1. The van der Waals surface area contributed by atoms with Crippen LogP contribution in [0.5, 0.6) is 0 Å². The van der Waals surface area contributed by atoms with Crippen LogP contribution in [-0.4, -0.2) is 13.0 Å². The summed E-state index contributed by atoms with van der Waals surface area (Å²) in [5, 5.41) is 1.91. The Balaban J connectivity index is 2.51. The summed E-state index contributed by atoms with van der Waals surface area (Å²) in [6, 6.07) is 10.9. The molecule has 2 aromatic rings. The highest BCUT2D eigenvalue weighted by molar-refractivity contribution is 7.85. The molecule has 20 heavy (non-hydrogen) atoms. The maximum atomic E-state index is 11.5. The van der Waals surface area contributed by atoms with Gasteiger partial charge in [-0.3, -0.25) is 4.55 Å². The van der Waals surface area contributed by atoms with Crippen LogP contribution in [0.4, 0.5) is 0 Å². The number of benzene rings is 2. The average Bonchev–Trinajstić information content (AvgIpc) is 2.37. The average molecular weight is 292 g/mol. The van der Waals surface area contributed by atoms with Gasteiger partial charge in [-0.15, -0.1) is 0 Å². The molecule has 2 rings (SSSR count). The van der Waals surface area contributed by atoms with Crippen LogP contribution in [0.25, 0.3) is 10.8 Å². The molecule has 2 aromatic carbocycles. The Morgan fingerprint density at radius 2 is 1.80 bits per heavy atom. The minimum Gasteiger partial charge on any atom is -0.282 e. The second-order valence-corrected chi connectivity index (χ2v) is 6.91. The summed E-state index contributed by atoms with van der Waals surface area (Å²) >= 11 is 0. The van der Waals surface area contributed by atoms with E-state index in [1.165, 1.54) is 6.07 Å². The molecule has 3 nitrogen and oxygen atoms in total. The van der Waals surface area contributed by atoms with E-state index in [0.29, 0.717) is 12.3 Å². The van der Waals surface area contributed by atoms with Crippen LogP contribution in [0.1, 0.15) is 32.3 Å². The largest absolute Gasteiger partial charge is 0.294 e. The zero-order chi connectivity index (χ0) is 14.8. The maximum Gasteiger partial charge on any atom is 0.294 e. The molecule has 0 aliphatic carbocycles. The van der Waals surface area contributed by atoms with Crippen LogP contribution in [0.2, 0.25) is 0 Å². The van der Waals surface area contributed by atoms with Gasteiger partial charge < -0.3 is 0 Å². The monoisotopic (exact) mass is 292 g/mol. The van der Waals surface area contributed by atoms with Crippen molar-refractivity contribution in [3.63, 3.8) is 0 Å². The lowest BCUT2D eigenvalue weighted by molar-refractivity contribution is 0.481. The lowest BCUT2D eigenvalue weighted by Crippen LogP contribution is -2.04. The standard InChI is InChI=1S/C16H20O3S/c1-12(2)6-5-9-15-14-8-4-3-7-13(14)10-11-16(15)20(17,18)19/h3-4,7-8,10-12H,5-6,9H2,1-2H3,(H,17,18,19). The summed E-state index contributed by atoms with van der Waals surface area (Å²) < 4.78 is 32.5. The molecule has 1 N–H and O–H groups in total. The number of hydrogen-bond acceptors (Lipinski definition) is 2. The Labute approximate surface area is 120 Å². The minimum atomic E-state index is -4.18. The van der Waals surface area contributed by atoms with Crippen molar-refractivity contribution in [3.8, 4) is 0 Å². The van der Waals surface area contributed by atoms with Gasteiger partial charge in [0.1, 0.15) is 0 Å². The first-order valence-electron chi connectivity index (χ1n) is 6.87. The van der Waals surface area contributed by atoms with Crippen molar-refractivity contribution in [1.82, 2.24) is 0 Å². The highest BCUT2D eigenvalue weighted by Gasteiger charge is 2.17. The van der Waals surface area contributed by atoms with Gasteiger partial charge in [0.25, 0.3) is 10.1 Å². The summed E-state index contributed by atoms with van der Waals surface area (Å²) in [5.74, 6) is 0.583. The first-order valence-corrected chi connectivity index (χ1v) is 8.31. The van der Waals surface area contributed by atoms with E-state index in [-0.39, 0.29) is 4.90 Å². The third kappa shape index (κ3) is 3.38. The lowest BCUT2D eigenvalue weighted by Gasteiger charge is -2.12. The van der Waals surface area contributed by atoms with E-state index in [9.17, 15) is 13.0 Å². The molecule has 0 heterocycles. The van der Waals surface area contributed by atoms with E-state index in [2.05, 4.69) is 13.8 Å². The summed E-state index contributed by atoms with van der Waals surface area (Å²) in [7, 11) is -4.18. The number of fused-ring (bicyclic) bond motifs is 1. The topological polar surface area (TPSA) is 54.4 Å². The van der Waals surface area contributed by atoms with Crippen molar-refractivity contribution in [2.24, 2.45) is 5.92 Å². The summed E-state index contributed by atoms with van der Waals surface area (Å²) in [6.07, 6.45) is 2.61. The quantitative estimate of drug-likeness (QED) is 0.845. The van der Waals surface area contributed by atoms with E-state index < -0.39 is 10.1 Å². The minimum absolute atomic E-state index is 0.0416. The molecule has 0 fully saturated rings. The lowest BCUT2D eigenvalue weighted by atomic mass is 9.98. The van der Waals surface area contributed by atoms with Gasteiger partial charge in [0, 0.05) is 0 Å². The predicted octanol–water partition coefficient (Wildman–Crippen LogP) is 4.07. The molecule has 0 saturated heterocycles. The molecular weight excluding hydrogens is 272 g/mol. The zero-order valence-corrected chi connectivity index (χ0v) is 12.7. The molecule has 0 unspecified atom stereocenters. The Bertz CT molecular complexity index is 703. The molecule has 0 spiro atoms. The van der Waals surface area contributed by atoms with Crippen LogP contribution in [0.15, 0.2) is 41.3 Å². The van der Waals surface area contributed by atoms with Gasteiger partial charge in [-0.25, -0.2) is 0 Å². The molecular formula is C16H20O3S. The van der Waals surface area contributed by atoms with Crippen molar-refractivity contribution in [2.75, 3.05) is 0 Å². The highest BCUT2D eigenvalue weighted by Crippen LogP contribution is 2.27. The van der Waals surface area contributed by atoms with Gasteiger partial charge in [0.15, 0.2) is 0 Å². The summed E-state index contributed by atoms with van der Waals surface area (Å²) in [4.78, 5) is 0.0416. The van der Waals surface area contributed by atoms with E-state index in [4.69, 9.17) is 0 Å². The molecule has 0 aromatic heterocycles. The SMILES string of the molecule is CC(C)CCCc1c(S(=O)(=O)O)ccc2ccccc12. The van der Waals surface area contributed by atoms with Gasteiger partial charge >= 0.3 is 0 Å². The molecule has 0 saturated carbocycles. The molecule has 0 aliphatic heterocycles. The van der Waals surface area contributed by atoms with E-state index in [1.54, 1.807) is 6.07 Å². The fourth-order valence-corrected chi connectivity index (χ4v) is 3.27. The third-order valence-electron chi connectivity index (χ3n) is 3.48. The van der Waals surface area contributed by atoms with E-state index in [1.807, 2.05) is 24.3 Å². The molecule has 0 aliphatic rings. The van der Waals surface area contributed by atoms with Crippen molar-refractivity contribution in [2.45, 2.75) is 38.0 Å². The predicted molar refractivity (Wildman–Crippen MR) is 81.5 cm³/mol. The van der Waals surface area contributed by atoms with Crippen molar-refractivity contribution in [1.29, 1.82) is 0 Å². The van der Waals surface area contributed by atoms with Gasteiger partial charge in [-0.1, -0.05) is 50.6 Å². The Kier molecular flexibility index (Phi) is 4.45. The van der Waals surface area contributed by atoms with E-state index >= 15 is 0 Å². The smallest absolute Gasteiger partial charge is 0.282 e. The van der Waals surface area contributed by atoms with Crippen LogP contribution < -0.4 is 0 Å². The molecule has 0 radical (unpaired) electrons. The highest BCUT2D eigenvalue weighted by atomic mass is 32.2. The third-order valence-corrected chi connectivity index (χ3v) is 4.42. The normalized spacial score (nSPS) is 12.2. The Hall–Kier alpha value is -1.39. The first kappa shape index (κ1) is 15.0.